The number of nitrogens with zero attached hydrogens (tertiary/aromatic N) is 6. The van der Waals surface area contributed by atoms with E-state index in [4.69, 9.17) is 9.62 Å². The number of likely N-dealkylation sites (tertiary alicyclic amines) is 1. The minimum Gasteiger partial charge on any atom is -0.339 e. The number of aryl methyl sites for hydroxylation is 1. The van der Waals surface area contributed by atoms with Gasteiger partial charge in [-0.25, -0.2) is 4.68 Å². The molecule has 1 saturated heterocycles. The van der Waals surface area contributed by atoms with E-state index >= 15 is 0 Å². The number of rotatable bonds is 5. The maximum atomic E-state index is 13.0. The van der Waals surface area contributed by atoms with Gasteiger partial charge < -0.3 is 9.42 Å². The number of hydrogen-bond acceptors (Lipinski definition) is 6. The Bertz CT molecular complexity index is 1260. The molecule has 4 aromatic rings. The lowest BCUT2D eigenvalue weighted by Crippen LogP contribution is -2.38. The molecule has 0 bridgehead atoms. The number of para-hydroxylation sites is 1. The third-order valence-corrected chi connectivity index (χ3v) is 5.73. The van der Waals surface area contributed by atoms with Crippen LogP contribution in [0.4, 0.5) is 0 Å². The first-order valence-corrected chi connectivity index (χ1v) is 11.0. The van der Waals surface area contributed by atoms with Crippen molar-refractivity contribution in [3.63, 3.8) is 0 Å². The van der Waals surface area contributed by atoms with Crippen molar-refractivity contribution in [2.45, 2.75) is 25.7 Å². The first-order chi connectivity index (χ1) is 16.2. The summed E-state index contributed by atoms with van der Waals surface area (Å²) in [7, 11) is 0. The van der Waals surface area contributed by atoms with Crippen LogP contribution in [0.2, 0.25) is 0 Å². The molecule has 1 aliphatic heterocycles. The number of carbonyl (C=O) groups excluding carboxylic acids is 1. The Morgan fingerprint density at radius 1 is 1.18 bits per heavy atom. The zero-order chi connectivity index (χ0) is 22.6. The molecule has 3 aromatic heterocycles. The van der Waals surface area contributed by atoms with Gasteiger partial charge in [-0.1, -0.05) is 23.4 Å². The zero-order valence-electron chi connectivity index (χ0n) is 18.3. The summed E-state index contributed by atoms with van der Waals surface area (Å²) in [6.45, 7) is 3.09. The standard InChI is InChI=1S/C25H24N6O2/c1-18-27-25(33-29-18)21-8-6-14-30(16-21)23(32)12-11-20-17-31(22-9-3-2-4-10-22)28-24(20)19-7-5-13-26-15-19/h2-5,7,9-13,15,17,21H,6,8,14,16H2,1H3/b12-11+. The number of carbonyl (C=O) groups is 1. The second-order valence-corrected chi connectivity index (χ2v) is 8.09. The lowest BCUT2D eigenvalue weighted by Gasteiger charge is -2.30. The van der Waals surface area contributed by atoms with Crippen molar-refractivity contribution >= 4 is 12.0 Å². The Hall–Kier alpha value is -4.07. The Labute approximate surface area is 191 Å². The molecule has 33 heavy (non-hydrogen) atoms. The largest absolute Gasteiger partial charge is 0.339 e. The van der Waals surface area contributed by atoms with Crippen molar-refractivity contribution in [1.82, 2.24) is 29.8 Å². The highest BCUT2D eigenvalue weighted by molar-refractivity contribution is 5.93. The Morgan fingerprint density at radius 3 is 2.82 bits per heavy atom. The molecule has 1 amide bonds. The van der Waals surface area contributed by atoms with Gasteiger partial charge in [0, 0.05) is 48.9 Å². The van der Waals surface area contributed by atoms with E-state index < -0.39 is 0 Å². The van der Waals surface area contributed by atoms with Gasteiger partial charge in [0.15, 0.2) is 5.82 Å². The lowest BCUT2D eigenvalue weighted by atomic mass is 9.98. The summed E-state index contributed by atoms with van der Waals surface area (Å²) >= 11 is 0. The summed E-state index contributed by atoms with van der Waals surface area (Å²) in [5.74, 6) is 1.26. The topological polar surface area (TPSA) is 89.9 Å². The number of aromatic nitrogens is 5. The molecule has 1 aromatic carbocycles. The molecule has 0 aliphatic carbocycles. The predicted octanol–water partition coefficient (Wildman–Crippen LogP) is 4.05. The van der Waals surface area contributed by atoms with Gasteiger partial charge in [-0.15, -0.1) is 0 Å². The average Bonchev–Trinajstić information content (AvgIpc) is 3.50. The van der Waals surface area contributed by atoms with Crippen molar-refractivity contribution in [2.75, 3.05) is 13.1 Å². The Morgan fingerprint density at radius 2 is 2.06 bits per heavy atom. The number of pyridine rings is 1. The van der Waals surface area contributed by atoms with Crippen LogP contribution in [0.5, 0.6) is 0 Å². The van der Waals surface area contributed by atoms with Crippen LogP contribution in [0.3, 0.4) is 0 Å². The van der Waals surface area contributed by atoms with Gasteiger partial charge in [-0.3, -0.25) is 9.78 Å². The molecule has 0 saturated carbocycles. The van der Waals surface area contributed by atoms with Gasteiger partial charge >= 0.3 is 0 Å². The molecule has 1 aliphatic rings. The quantitative estimate of drug-likeness (QED) is 0.435. The van der Waals surface area contributed by atoms with E-state index in [1.807, 2.05) is 64.3 Å². The number of piperidine rings is 1. The van der Waals surface area contributed by atoms with Crippen LogP contribution >= 0.6 is 0 Å². The van der Waals surface area contributed by atoms with E-state index in [-0.39, 0.29) is 11.8 Å². The first-order valence-electron chi connectivity index (χ1n) is 11.0. The van der Waals surface area contributed by atoms with E-state index in [2.05, 4.69) is 15.1 Å². The van der Waals surface area contributed by atoms with E-state index in [1.165, 1.54) is 0 Å². The monoisotopic (exact) mass is 440 g/mol. The zero-order valence-corrected chi connectivity index (χ0v) is 18.3. The smallest absolute Gasteiger partial charge is 0.246 e. The minimum absolute atomic E-state index is 0.0412. The lowest BCUT2D eigenvalue weighted by molar-refractivity contribution is -0.127. The van der Waals surface area contributed by atoms with Crippen molar-refractivity contribution in [2.24, 2.45) is 0 Å². The van der Waals surface area contributed by atoms with Gasteiger partial charge in [-0.05, 0) is 50.1 Å². The fourth-order valence-corrected chi connectivity index (χ4v) is 4.07. The molecule has 0 radical (unpaired) electrons. The van der Waals surface area contributed by atoms with Crippen molar-refractivity contribution in [3.8, 4) is 16.9 Å². The van der Waals surface area contributed by atoms with Crippen LogP contribution < -0.4 is 0 Å². The van der Waals surface area contributed by atoms with Crippen LogP contribution in [0, 0.1) is 6.92 Å². The molecule has 1 atom stereocenters. The normalized spacial score (nSPS) is 16.4. The molecule has 8 nitrogen and oxygen atoms in total. The van der Waals surface area contributed by atoms with Crippen LogP contribution in [0.25, 0.3) is 23.0 Å². The molecule has 1 fully saturated rings. The highest BCUT2D eigenvalue weighted by Crippen LogP contribution is 2.27. The fourth-order valence-electron chi connectivity index (χ4n) is 4.07. The third-order valence-electron chi connectivity index (χ3n) is 5.73. The Kier molecular flexibility index (Phi) is 5.80. The van der Waals surface area contributed by atoms with Gasteiger partial charge in [0.25, 0.3) is 0 Å². The third kappa shape index (κ3) is 4.59. The molecule has 166 valence electrons. The van der Waals surface area contributed by atoms with Crippen molar-refractivity contribution in [1.29, 1.82) is 0 Å². The summed E-state index contributed by atoms with van der Waals surface area (Å²) < 4.78 is 7.16. The molecular formula is C25H24N6O2. The maximum absolute atomic E-state index is 13.0. The van der Waals surface area contributed by atoms with Gasteiger partial charge in [0.1, 0.15) is 5.69 Å². The fraction of sp³-hybridized carbons (Fsp3) is 0.240. The molecule has 5 rings (SSSR count). The molecular weight excluding hydrogens is 416 g/mol. The summed E-state index contributed by atoms with van der Waals surface area (Å²) in [6, 6.07) is 13.7. The van der Waals surface area contributed by atoms with Crippen LogP contribution in [-0.2, 0) is 4.79 Å². The van der Waals surface area contributed by atoms with Crippen LogP contribution in [0.15, 0.2) is 71.7 Å². The van der Waals surface area contributed by atoms with Gasteiger partial charge in [-0.2, -0.15) is 10.1 Å². The van der Waals surface area contributed by atoms with Gasteiger partial charge in [0.05, 0.1) is 11.6 Å². The summed E-state index contributed by atoms with van der Waals surface area (Å²) in [5.41, 5.74) is 3.46. The molecule has 1 unspecified atom stereocenters. The number of benzene rings is 1. The molecule has 0 spiro atoms. The maximum Gasteiger partial charge on any atom is 0.246 e. The second kappa shape index (κ2) is 9.20. The highest BCUT2D eigenvalue weighted by atomic mass is 16.5. The highest BCUT2D eigenvalue weighted by Gasteiger charge is 2.27. The van der Waals surface area contributed by atoms with E-state index in [0.717, 1.165) is 35.3 Å². The summed E-state index contributed by atoms with van der Waals surface area (Å²) in [6.07, 6.45) is 10.7. The van der Waals surface area contributed by atoms with E-state index in [9.17, 15) is 4.79 Å². The molecule has 4 heterocycles. The Balaban J connectivity index is 1.39. The summed E-state index contributed by atoms with van der Waals surface area (Å²) in [5, 5.41) is 8.65. The van der Waals surface area contributed by atoms with E-state index in [0.29, 0.717) is 24.8 Å². The summed E-state index contributed by atoms with van der Waals surface area (Å²) in [4.78, 5) is 23.4. The predicted molar refractivity (Wildman–Crippen MR) is 123 cm³/mol. The van der Waals surface area contributed by atoms with Crippen LogP contribution in [-0.4, -0.2) is 48.8 Å². The van der Waals surface area contributed by atoms with E-state index in [1.54, 1.807) is 25.4 Å². The number of hydrogen-bond donors (Lipinski definition) is 0. The van der Waals surface area contributed by atoms with Crippen molar-refractivity contribution < 1.29 is 9.32 Å². The SMILES string of the molecule is Cc1noc(C2CCCN(C(=O)/C=C/c3cn(-c4ccccc4)nc3-c3cccnc3)C2)n1. The average molecular weight is 441 g/mol. The van der Waals surface area contributed by atoms with Crippen molar-refractivity contribution in [3.05, 3.63) is 84.4 Å². The first kappa shape index (κ1) is 20.8. The molecule has 0 N–H and O–H groups in total. The number of amides is 1. The second-order valence-electron chi connectivity index (χ2n) is 8.09. The van der Waals surface area contributed by atoms with Gasteiger partial charge in [0.2, 0.25) is 11.8 Å². The molecule has 8 heteroatoms. The van der Waals surface area contributed by atoms with Crippen LogP contribution in [0.1, 0.15) is 36.0 Å². The minimum atomic E-state index is -0.0412.